The summed E-state index contributed by atoms with van der Waals surface area (Å²) in [5.74, 6) is 1.08. The molecule has 230 valence electrons. The van der Waals surface area contributed by atoms with Gasteiger partial charge in [0.2, 0.25) is 11.3 Å². The molecular formula is C34H37FN4O4S. The molecule has 1 aliphatic heterocycles. The van der Waals surface area contributed by atoms with Crippen molar-refractivity contribution in [2.45, 2.75) is 45.4 Å². The van der Waals surface area contributed by atoms with E-state index >= 15 is 0 Å². The number of rotatable bonds is 11. The zero-order chi connectivity index (χ0) is 30.9. The van der Waals surface area contributed by atoms with Crippen LogP contribution in [0, 0.1) is 12.7 Å². The normalized spacial score (nSPS) is 14.6. The molecule has 1 unspecified atom stereocenters. The van der Waals surface area contributed by atoms with Crippen LogP contribution in [0.4, 0.5) is 14.9 Å². The molecule has 1 saturated heterocycles. The predicted octanol–water partition coefficient (Wildman–Crippen LogP) is 6.85. The van der Waals surface area contributed by atoms with E-state index in [0.717, 1.165) is 54.9 Å². The van der Waals surface area contributed by atoms with Crippen molar-refractivity contribution >= 4 is 23.0 Å². The third-order valence-electron chi connectivity index (χ3n) is 7.84. The first kappa shape index (κ1) is 31.3. The Morgan fingerprint density at radius 2 is 1.55 bits per heavy atom. The van der Waals surface area contributed by atoms with Crippen molar-refractivity contribution in [2.75, 3.05) is 18.4 Å². The van der Waals surface area contributed by atoms with E-state index in [4.69, 9.17) is 9.29 Å². The van der Waals surface area contributed by atoms with Gasteiger partial charge in [-0.1, -0.05) is 48.5 Å². The summed E-state index contributed by atoms with van der Waals surface area (Å²) in [4.78, 5) is 17.8. The van der Waals surface area contributed by atoms with Crippen molar-refractivity contribution in [2.24, 2.45) is 0 Å². The number of urea groups is 1. The number of nitrogens with one attached hydrogen (secondary N) is 2. The van der Waals surface area contributed by atoms with Gasteiger partial charge in [-0.15, -0.1) is 0 Å². The number of piperidine rings is 1. The zero-order valence-electron chi connectivity index (χ0n) is 24.6. The highest BCUT2D eigenvalue weighted by Crippen LogP contribution is 2.25. The fraction of sp³-hybridized carbons (Fsp3) is 0.265. The summed E-state index contributed by atoms with van der Waals surface area (Å²) in [6.07, 6.45) is 1.70. The summed E-state index contributed by atoms with van der Waals surface area (Å²) < 4.78 is 41.5. The minimum atomic E-state index is -2.04. The van der Waals surface area contributed by atoms with Gasteiger partial charge in [-0.05, 0) is 90.6 Å². The standard InChI is InChI=1S/C34H37FN4O4S/c1-25-4-2-3-5-28(25)24-39(34(40)37-30-12-10-29(35)11-13-30)31-18-20-38(21-19-31)23-27-8-16-33(17-9-27)43-32-14-6-26(7-15-32)22-36-44(41)42/h2-17,31,36H,18-24H2,1H3,(H,37,40)(H,41,42). The number of halogens is 1. The Labute approximate surface area is 260 Å². The second-order valence-corrected chi connectivity index (χ2v) is 11.7. The summed E-state index contributed by atoms with van der Waals surface area (Å²) in [7, 11) is 0. The number of likely N-dealkylation sites (tertiary alicyclic amines) is 1. The van der Waals surface area contributed by atoms with E-state index in [-0.39, 0.29) is 17.9 Å². The van der Waals surface area contributed by atoms with Gasteiger partial charge >= 0.3 is 6.03 Å². The van der Waals surface area contributed by atoms with E-state index in [2.05, 4.69) is 46.1 Å². The minimum Gasteiger partial charge on any atom is -0.457 e. The fourth-order valence-electron chi connectivity index (χ4n) is 5.33. The largest absolute Gasteiger partial charge is 0.457 e. The van der Waals surface area contributed by atoms with Crippen LogP contribution in [0.5, 0.6) is 11.5 Å². The molecule has 0 aliphatic carbocycles. The lowest BCUT2D eigenvalue weighted by Gasteiger charge is -2.39. The van der Waals surface area contributed by atoms with E-state index in [0.29, 0.717) is 24.5 Å². The molecule has 10 heteroatoms. The number of carbonyl (C=O) groups is 1. The van der Waals surface area contributed by atoms with Gasteiger partial charge in [0.05, 0.1) is 0 Å². The fourth-order valence-corrected chi connectivity index (χ4v) is 5.62. The maximum Gasteiger partial charge on any atom is 0.322 e. The predicted molar refractivity (Wildman–Crippen MR) is 171 cm³/mol. The molecule has 0 aromatic heterocycles. The van der Waals surface area contributed by atoms with Crippen molar-refractivity contribution in [3.63, 3.8) is 0 Å². The molecule has 5 rings (SSSR count). The average molecular weight is 617 g/mol. The Bertz CT molecular complexity index is 1540. The van der Waals surface area contributed by atoms with Crippen molar-refractivity contribution in [3.05, 3.63) is 125 Å². The molecule has 1 aliphatic rings. The first-order chi connectivity index (χ1) is 21.3. The second-order valence-electron chi connectivity index (χ2n) is 11.0. The van der Waals surface area contributed by atoms with Crippen molar-refractivity contribution in [1.29, 1.82) is 0 Å². The summed E-state index contributed by atoms with van der Waals surface area (Å²) in [6.45, 7) is 5.40. The van der Waals surface area contributed by atoms with Gasteiger partial charge in [0.1, 0.15) is 17.3 Å². The number of benzene rings is 4. The van der Waals surface area contributed by atoms with Crippen LogP contribution in [0.2, 0.25) is 0 Å². The molecule has 0 radical (unpaired) electrons. The van der Waals surface area contributed by atoms with E-state index in [1.807, 2.05) is 53.4 Å². The quantitative estimate of drug-likeness (QED) is 0.160. The lowest BCUT2D eigenvalue weighted by atomic mass is 10.0. The molecule has 1 heterocycles. The second kappa shape index (κ2) is 15.1. The molecule has 0 bridgehead atoms. The van der Waals surface area contributed by atoms with Gasteiger partial charge in [-0.2, -0.15) is 0 Å². The first-order valence-electron chi connectivity index (χ1n) is 14.6. The number of nitrogens with zero attached hydrogens (tertiary/aromatic N) is 2. The summed E-state index contributed by atoms with van der Waals surface area (Å²) in [6, 6.07) is 29.3. The third kappa shape index (κ3) is 8.96. The molecule has 0 spiro atoms. The maximum atomic E-state index is 13.5. The van der Waals surface area contributed by atoms with Crippen molar-refractivity contribution in [3.8, 4) is 11.5 Å². The Kier molecular flexibility index (Phi) is 10.7. The zero-order valence-corrected chi connectivity index (χ0v) is 25.4. The summed E-state index contributed by atoms with van der Waals surface area (Å²) >= 11 is -2.04. The molecule has 3 N–H and O–H groups in total. The van der Waals surface area contributed by atoms with Crippen LogP contribution in [0.15, 0.2) is 97.1 Å². The Balaban J connectivity index is 1.16. The van der Waals surface area contributed by atoms with Crippen molar-refractivity contribution in [1.82, 2.24) is 14.5 Å². The first-order valence-corrected chi connectivity index (χ1v) is 15.7. The molecule has 4 aromatic carbocycles. The number of aryl methyl sites for hydroxylation is 1. The molecule has 2 amide bonds. The van der Waals surface area contributed by atoms with Crippen LogP contribution >= 0.6 is 0 Å². The SMILES string of the molecule is Cc1ccccc1CN(C(=O)Nc1ccc(F)cc1)C1CCN(Cc2ccc(Oc3ccc(CNS(=O)O)cc3)cc2)CC1. The maximum absolute atomic E-state index is 13.5. The lowest BCUT2D eigenvalue weighted by molar-refractivity contribution is 0.119. The minimum absolute atomic E-state index is 0.0787. The van der Waals surface area contributed by atoms with Crippen LogP contribution < -0.4 is 14.8 Å². The summed E-state index contributed by atoms with van der Waals surface area (Å²) in [5.41, 5.74) is 4.88. The molecule has 4 aromatic rings. The molecule has 8 nitrogen and oxygen atoms in total. The molecule has 1 fully saturated rings. The summed E-state index contributed by atoms with van der Waals surface area (Å²) in [5, 5.41) is 2.96. The third-order valence-corrected chi connectivity index (χ3v) is 8.24. The molecular weight excluding hydrogens is 579 g/mol. The van der Waals surface area contributed by atoms with E-state index in [9.17, 15) is 13.4 Å². The van der Waals surface area contributed by atoms with Gasteiger partial charge in [-0.3, -0.25) is 9.45 Å². The van der Waals surface area contributed by atoms with Gasteiger partial charge in [-0.25, -0.2) is 18.1 Å². The highest BCUT2D eigenvalue weighted by molar-refractivity contribution is 7.77. The van der Waals surface area contributed by atoms with Crippen LogP contribution in [-0.2, 0) is 30.9 Å². The highest BCUT2D eigenvalue weighted by Gasteiger charge is 2.28. The van der Waals surface area contributed by atoms with Crippen LogP contribution in [-0.4, -0.2) is 43.7 Å². The molecule has 0 saturated carbocycles. The number of hydrogen-bond donors (Lipinski definition) is 3. The smallest absolute Gasteiger partial charge is 0.322 e. The number of amides is 2. The Morgan fingerprint density at radius 3 is 2.16 bits per heavy atom. The Morgan fingerprint density at radius 1 is 0.932 bits per heavy atom. The van der Waals surface area contributed by atoms with Crippen LogP contribution in [0.25, 0.3) is 0 Å². The molecule has 44 heavy (non-hydrogen) atoms. The number of carbonyl (C=O) groups excluding carboxylic acids is 1. The lowest BCUT2D eigenvalue weighted by Crippen LogP contribution is -2.48. The van der Waals surface area contributed by atoms with E-state index in [1.165, 1.54) is 17.7 Å². The van der Waals surface area contributed by atoms with Crippen molar-refractivity contribution < 1.29 is 22.7 Å². The Hall–Kier alpha value is -4.09. The number of anilines is 1. The average Bonchev–Trinajstić information content (AvgIpc) is 3.03. The topological polar surface area (TPSA) is 94.1 Å². The molecule has 1 atom stereocenters. The van der Waals surface area contributed by atoms with Gasteiger partial charge < -0.3 is 15.0 Å². The number of ether oxygens (including phenoxy) is 1. The van der Waals surface area contributed by atoms with Gasteiger partial charge in [0.15, 0.2) is 0 Å². The number of hydrogen-bond acceptors (Lipinski definition) is 4. The van der Waals surface area contributed by atoms with E-state index < -0.39 is 11.3 Å². The van der Waals surface area contributed by atoms with Gasteiger partial charge in [0, 0.05) is 44.5 Å². The monoisotopic (exact) mass is 616 g/mol. The van der Waals surface area contributed by atoms with Crippen LogP contribution in [0.3, 0.4) is 0 Å². The highest BCUT2D eigenvalue weighted by atomic mass is 32.2. The van der Waals surface area contributed by atoms with Gasteiger partial charge in [0.25, 0.3) is 0 Å². The van der Waals surface area contributed by atoms with E-state index in [1.54, 1.807) is 12.1 Å². The van der Waals surface area contributed by atoms with Crippen LogP contribution in [0.1, 0.15) is 35.1 Å².